The van der Waals surface area contributed by atoms with Crippen molar-refractivity contribution < 1.29 is 13.9 Å². The van der Waals surface area contributed by atoms with Gasteiger partial charge in [-0.05, 0) is 85.5 Å². The van der Waals surface area contributed by atoms with Crippen LogP contribution in [-0.2, 0) is 11.8 Å². The van der Waals surface area contributed by atoms with Gasteiger partial charge in [0.1, 0.15) is 17.5 Å². The Hall–Kier alpha value is -3.74. The highest BCUT2D eigenvalue weighted by molar-refractivity contribution is 5.63. The summed E-state index contributed by atoms with van der Waals surface area (Å²) in [6.45, 7) is 5.23. The average Bonchev–Trinajstić information content (AvgIpc) is 3.29. The number of rotatable bonds is 5. The molecule has 5 rings (SSSR count). The number of aliphatic hydroxyl groups excluding tert-OH is 1. The fourth-order valence-electron chi connectivity index (χ4n) is 5.41. The van der Waals surface area contributed by atoms with Crippen LogP contribution in [0, 0.1) is 28.9 Å². The Morgan fingerprint density at radius 3 is 2.58 bits per heavy atom. The van der Waals surface area contributed by atoms with E-state index in [0.717, 1.165) is 17.5 Å². The van der Waals surface area contributed by atoms with Crippen molar-refractivity contribution in [2.24, 2.45) is 11.7 Å². The predicted octanol–water partition coefficient (Wildman–Crippen LogP) is 4.66. The molecule has 0 radical (unpaired) electrons. The monoisotopic (exact) mass is 516 g/mol. The molecule has 7 nitrogen and oxygen atoms in total. The predicted molar refractivity (Wildman–Crippen MR) is 139 cm³/mol. The van der Waals surface area contributed by atoms with E-state index in [4.69, 9.17) is 5.73 Å². The summed E-state index contributed by atoms with van der Waals surface area (Å²) in [5, 5.41) is 24.2. The van der Waals surface area contributed by atoms with Crippen LogP contribution in [0.15, 0.2) is 48.9 Å². The molecule has 196 valence electrons. The third kappa shape index (κ3) is 4.66. The molecule has 0 saturated heterocycles. The zero-order valence-electron chi connectivity index (χ0n) is 21.6. The summed E-state index contributed by atoms with van der Waals surface area (Å²) < 4.78 is 31.9. The second kappa shape index (κ2) is 9.86. The fourth-order valence-corrected chi connectivity index (χ4v) is 5.41. The first-order chi connectivity index (χ1) is 18.1. The number of fused-ring (bicyclic) bond motifs is 1. The number of benzene rings is 1. The summed E-state index contributed by atoms with van der Waals surface area (Å²) >= 11 is 0. The molecule has 1 saturated carbocycles. The Labute approximate surface area is 220 Å². The maximum absolute atomic E-state index is 15.1. The van der Waals surface area contributed by atoms with Crippen LogP contribution < -0.4 is 5.73 Å². The van der Waals surface area contributed by atoms with Crippen LogP contribution >= 0.6 is 0 Å². The summed E-state index contributed by atoms with van der Waals surface area (Å²) in [5.41, 5.74) is 8.08. The van der Waals surface area contributed by atoms with E-state index >= 15 is 8.78 Å². The Morgan fingerprint density at radius 1 is 1.16 bits per heavy atom. The number of nitrogens with two attached hydrogens (primary N) is 1. The molecule has 1 fully saturated rings. The van der Waals surface area contributed by atoms with Crippen molar-refractivity contribution in [2.45, 2.75) is 63.5 Å². The van der Waals surface area contributed by atoms with E-state index in [1.54, 1.807) is 49.1 Å². The number of nitrogens with zero attached hydrogens (tertiary/aromatic N) is 5. The smallest absolute Gasteiger partial charge is 0.135 e. The summed E-state index contributed by atoms with van der Waals surface area (Å²) in [6.07, 6.45) is 6.60. The summed E-state index contributed by atoms with van der Waals surface area (Å²) in [5.74, 6) is -0.702. The van der Waals surface area contributed by atoms with Crippen LogP contribution in [0.25, 0.3) is 16.8 Å². The lowest BCUT2D eigenvalue weighted by Crippen LogP contribution is -2.44. The van der Waals surface area contributed by atoms with Crippen LogP contribution in [-0.4, -0.2) is 36.8 Å². The van der Waals surface area contributed by atoms with Crippen molar-refractivity contribution in [3.63, 3.8) is 0 Å². The van der Waals surface area contributed by atoms with E-state index in [1.165, 1.54) is 12.1 Å². The SMILES string of the molecule is C[C@H]1C[C@@H](c2ccncc2Cc2ncc3ccc(-c4c(F)cc(C(C)(C)C#N)cc4F)nn23)C[C@@H](N)[C@H]1O. The minimum absolute atomic E-state index is 0.0798. The standard InChI is InChI=1S/C29H30F2N6O/c1-16-8-17(9-24(33)28(16)38)21-6-7-34-13-18(21)10-26-35-14-20-4-5-25(36-37(20)26)27-22(30)11-19(12-23(27)31)29(2,3)15-32/h4-7,11-14,16-17,24,28,38H,8-10,33H2,1-3H3/t16-,17+,24+,28-/m0/s1. The lowest BCUT2D eigenvalue weighted by Gasteiger charge is -2.36. The van der Waals surface area contributed by atoms with Crippen LogP contribution in [0.5, 0.6) is 0 Å². The number of hydrogen-bond acceptors (Lipinski definition) is 6. The topological polar surface area (TPSA) is 113 Å². The summed E-state index contributed by atoms with van der Waals surface area (Å²) in [4.78, 5) is 8.86. The van der Waals surface area contributed by atoms with Gasteiger partial charge in [0.25, 0.3) is 0 Å². The Balaban J connectivity index is 1.51. The first-order valence-corrected chi connectivity index (χ1v) is 12.7. The Bertz CT molecular complexity index is 1510. The van der Waals surface area contributed by atoms with Gasteiger partial charge in [0.05, 0.1) is 40.6 Å². The molecule has 1 aliphatic rings. The highest BCUT2D eigenvalue weighted by atomic mass is 19.1. The molecule has 4 aromatic rings. The molecule has 0 unspecified atom stereocenters. The quantitative estimate of drug-likeness (QED) is 0.399. The van der Waals surface area contributed by atoms with Crippen molar-refractivity contribution in [1.82, 2.24) is 19.6 Å². The van der Waals surface area contributed by atoms with E-state index in [2.05, 4.69) is 21.1 Å². The number of aliphatic hydroxyl groups is 1. The molecule has 0 bridgehead atoms. The molecule has 9 heteroatoms. The normalized spacial score (nSPS) is 21.9. The van der Waals surface area contributed by atoms with Crippen molar-refractivity contribution in [3.05, 3.63) is 83.1 Å². The number of halogens is 2. The van der Waals surface area contributed by atoms with Crippen molar-refractivity contribution in [2.75, 3.05) is 0 Å². The third-order valence-corrected chi connectivity index (χ3v) is 7.72. The number of hydrogen-bond donors (Lipinski definition) is 2. The van der Waals surface area contributed by atoms with Crippen LogP contribution in [0.1, 0.15) is 62.0 Å². The van der Waals surface area contributed by atoms with Gasteiger partial charge in [0.2, 0.25) is 0 Å². The Kier molecular flexibility index (Phi) is 6.72. The zero-order chi connectivity index (χ0) is 27.2. The summed E-state index contributed by atoms with van der Waals surface area (Å²) in [6, 6.07) is 9.43. The molecule has 0 aliphatic heterocycles. The molecule has 3 N–H and O–H groups in total. The van der Waals surface area contributed by atoms with Gasteiger partial charge in [0.15, 0.2) is 0 Å². The van der Waals surface area contributed by atoms with Crippen molar-refractivity contribution in [3.8, 4) is 17.3 Å². The van der Waals surface area contributed by atoms with Gasteiger partial charge in [0, 0.05) is 24.9 Å². The van der Waals surface area contributed by atoms with Gasteiger partial charge in [-0.1, -0.05) is 6.92 Å². The molecular weight excluding hydrogens is 486 g/mol. The number of imidazole rings is 1. The van der Waals surface area contributed by atoms with Gasteiger partial charge in [-0.25, -0.2) is 18.3 Å². The highest BCUT2D eigenvalue weighted by Crippen LogP contribution is 2.37. The van der Waals surface area contributed by atoms with Gasteiger partial charge < -0.3 is 10.8 Å². The van der Waals surface area contributed by atoms with Gasteiger partial charge in [-0.3, -0.25) is 4.98 Å². The van der Waals surface area contributed by atoms with Crippen LogP contribution in [0.3, 0.4) is 0 Å². The second-order valence-corrected chi connectivity index (χ2v) is 10.8. The molecule has 0 amide bonds. The Morgan fingerprint density at radius 2 is 1.89 bits per heavy atom. The first-order valence-electron chi connectivity index (χ1n) is 12.7. The van der Waals surface area contributed by atoms with Crippen LogP contribution in [0.4, 0.5) is 8.78 Å². The lowest BCUT2D eigenvalue weighted by atomic mass is 9.74. The van der Waals surface area contributed by atoms with E-state index in [-0.39, 0.29) is 34.7 Å². The fraction of sp³-hybridized carbons (Fsp3) is 0.379. The van der Waals surface area contributed by atoms with Crippen molar-refractivity contribution in [1.29, 1.82) is 5.26 Å². The highest BCUT2D eigenvalue weighted by Gasteiger charge is 2.34. The van der Waals surface area contributed by atoms with Gasteiger partial charge in [-0.15, -0.1) is 0 Å². The molecule has 38 heavy (non-hydrogen) atoms. The molecule has 1 aromatic carbocycles. The third-order valence-electron chi connectivity index (χ3n) is 7.72. The van der Waals surface area contributed by atoms with Crippen LogP contribution in [0.2, 0.25) is 0 Å². The van der Waals surface area contributed by atoms with E-state index in [0.29, 0.717) is 24.2 Å². The maximum atomic E-state index is 15.1. The first kappa shape index (κ1) is 25.9. The molecular formula is C29H30F2N6O. The average molecular weight is 517 g/mol. The van der Waals surface area contributed by atoms with Gasteiger partial charge >= 0.3 is 0 Å². The lowest BCUT2D eigenvalue weighted by molar-refractivity contribution is 0.0519. The molecule has 0 spiro atoms. The molecule has 3 heterocycles. The molecule has 4 atom stereocenters. The second-order valence-electron chi connectivity index (χ2n) is 10.8. The minimum Gasteiger partial charge on any atom is -0.391 e. The molecule has 1 aliphatic carbocycles. The van der Waals surface area contributed by atoms with E-state index in [1.807, 2.05) is 13.0 Å². The maximum Gasteiger partial charge on any atom is 0.135 e. The number of aromatic nitrogens is 4. The van der Waals surface area contributed by atoms with E-state index < -0.39 is 23.2 Å². The zero-order valence-corrected chi connectivity index (χ0v) is 21.6. The number of nitriles is 1. The minimum atomic E-state index is -1.03. The summed E-state index contributed by atoms with van der Waals surface area (Å²) in [7, 11) is 0. The van der Waals surface area contributed by atoms with E-state index in [9.17, 15) is 10.4 Å². The number of pyridine rings is 1. The van der Waals surface area contributed by atoms with Gasteiger partial charge in [-0.2, -0.15) is 10.4 Å². The molecule has 3 aromatic heterocycles. The van der Waals surface area contributed by atoms with Crippen molar-refractivity contribution >= 4 is 5.52 Å². The largest absolute Gasteiger partial charge is 0.391 e.